The van der Waals surface area contributed by atoms with E-state index in [1.54, 1.807) is 0 Å². The second kappa shape index (κ2) is 11.1. The smallest absolute Gasteiger partial charge is 0.126 e. The Kier molecular flexibility index (Phi) is 8.07. The minimum Gasteiger partial charge on any atom is -0.207 e. The molecule has 0 nitrogen and oxygen atoms in total. The summed E-state index contributed by atoms with van der Waals surface area (Å²) < 4.78 is 112. The van der Waals surface area contributed by atoms with Crippen LogP contribution in [0.25, 0.3) is 0 Å². The van der Waals surface area contributed by atoms with E-state index in [1.807, 2.05) is 0 Å². The van der Waals surface area contributed by atoms with Crippen LogP contribution in [0, 0.1) is 46.5 Å². The van der Waals surface area contributed by atoms with Gasteiger partial charge in [0.05, 0.1) is 0 Å². The molecule has 0 N–H and O–H groups in total. The van der Waals surface area contributed by atoms with Crippen molar-refractivity contribution in [3.8, 4) is 0 Å². The summed E-state index contributed by atoms with van der Waals surface area (Å²) in [6.45, 7) is 0. The number of hydrogen-bond acceptors (Lipinski definition) is 0. The second-order valence-electron chi connectivity index (χ2n) is 7.81. The molecule has 0 heterocycles. The number of hydrogen-bond donors (Lipinski definition) is 0. The summed E-state index contributed by atoms with van der Waals surface area (Å²) in [6.07, 6.45) is 0.0895. The van der Waals surface area contributed by atoms with Crippen LogP contribution in [0.2, 0.25) is 0 Å². The van der Waals surface area contributed by atoms with Crippen LogP contribution in [0.15, 0.2) is 72.8 Å². The van der Waals surface area contributed by atoms with Gasteiger partial charge in [0, 0.05) is 24.3 Å². The van der Waals surface area contributed by atoms with Crippen molar-refractivity contribution >= 4 is 37.1 Å². The first kappa shape index (κ1) is 26.2. The molecule has 0 aromatic heterocycles. The molecule has 0 aliphatic rings. The molecule has 0 atom stereocenters. The Morgan fingerprint density at radius 2 is 0.472 bits per heavy atom. The maximum absolute atomic E-state index is 14.0. The van der Waals surface area contributed by atoms with E-state index in [4.69, 9.17) is 0 Å². The molecule has 4 aromatic rings. The quantitative estimate of drug-likeness (QED) is 0.188. The van der Waals surface area contributed by atoms with Crippen LogP contribution in [-0.4, -0.2) is 12.3 Å². The van der Waals surface area contributed by atoms with Gasteiger partial charge in [-0.25, -0.2) is 35.1 Å². The fourth-order valence-corrected chi connectivity index (χ4v) is 9.26. The average molecular weight is 542 g/mol. The maximum Gasteiger partial charge on any atom is 0.126 e. The molecule has 4 aromatic carbocycles. The third kappa shape index (κ3) is 6.48. The lowest BCUT2D eigenvalue weighted by atomic mass is 10.3. The van der Waals surface area contributed by atoms with Gasteiger partial charge in [-0.15, -0.1) is 0 Å². The van der Waals surface area contributed by atoms with E-state index in [-0.39, 0.29) is 33.5 Å². The van der Waals surface area contributed by atoms with Crippen LogP contribution in [0.4, 0.5) is 35.1 Å². The highest BCUT2D eigenvalue weighted by molar-refractivity contribution is 7.76. The zero-order valence-corrected chi connectivity index (χ0v) is 20.0. The molecule has 0 unspecified atom stereocenters. The lowest BCUT2D eigenvalue weighted by Gasteiger charge is -2.24. The molecule has 186 valence electrons. The van der Waals surface area contributed by atoms with Gasteiger partial charge < -0.3 is 0 Å². The van der Waals surface area contributed by atoms with E-state index in [0.717, 1.165) is 48.5 Å². The van der Waals surface area contributed by atoms with Gasteiger partial charge in [-0.2, -0.15) is 0 Å². The fraction of sp³-hybridized carbons (Fsp3) is 0.0769. The number of rotatable bonds is 7. The maximum atomic E-state index is 14.0. The van der Waals surface area contributed by atoms with E-state index < -0.39 is 62.4 Å². The van der Waals surface area contributed by atoms with E-state index in [1.165, 1.54) is 0 Å². The Balaban J connectivity index is 1.79. The highest BCUT2D eigenvalue weighted by Gasteiger charge is 2.23. The monoisotopic (exact) mass is 542 g/mol. The molecule has 36 heavy (non-hydrogen) atoms. The van der Waals surface area contributed by atoms with Crippen molar-refractivity contribution in [2.75, 3.05) is 12.3 Å². The molecule has 0 aliphatic carbocycles. The van der Waals surface area contributed by atoms with E-state index >= 15 is 0 Å². The summed E-state index contributed by atoms with van der Waals surface area (Å²) in [5.41, 5.74) is 0. The summed E-state index contributed by atoms with van der Waals surface area (Å²) in [6, 6.07) is 11.0. The molecule has 0 saturated heterocycles. The van der Waals surface area contributed by atoms with Gasteiger partial charge >= 0.3 is 0 Å². The highest BCUT2D eigenvalue weighted by Crippen LogP contribution is 2.42. The van der Waals surface area contributed by atoms with Gasteiger partial charge in [-0.3, -0.25) is 0 Å². The molecule has 0 spiro atoms. The molecule has 0 amide bonds. The van der Waals surface area contributed by atoms with Gasteiger partial charge in [-0.1, -0.05) is 0 Å². The normalized spacial score (nSPS) is 11.5. The number of halogens is 8. The number of benzene rings is 4. The molecule has 0 saturated carbocycles. The third-order valence-corrected chi connectivity index (χ3v) is 10.4. The highest BCUT2D eigenvalue weighted by atomic mass is 31.1. The molecule has 10 heteroatoms. The predicted molar refractivity (Wildman–Crippen MR) is 128 cm³/mol. The summed E-state index contributed by atoms with van der Waals surface area (Å²) in [5.74, 6) is -7.14. The van der Waals surface area contributed by atoms with Crippen LogP contribution in [0.5, 0.6) is 0 Å². The Morgan fingerprint density at radius 1 is 0.306 bits per heavy atom. The van der Waals surface area contributed by atoms with Gasteiger partial charge in [0.25, 0.3) is 0 Å². The van der Waals surface area contributed by atoms with Crippen molar-refractivity contribution in [1.82, 2.24) is 0 Å². The summed E-state index contributed by atoms with van der Waals surface area (Å²) in [4.78, 5) is 0. The van der Waals surface area contributed by atoms with Crippen molar-refractivity contribution in [3.05, 3.63) is 119 Å². The summed E-state index contributed by atoms with van der Waals surface area (Å²) >= 11 is 0. The molecule has 0 fully saturated rings. The van der Waals surface area contributed by atoms with Gasteiger partial charge in [-0.05, 0) is 97.9 Å². The van der Waals surface area contributed by atoms with E-state index in [0.29, 0.717) is 24.3 Å². The van der Waals surface area contributed by atoms with Crippen LogP contribution < -0.4 is 21.2 Å². The zero-order valence-electron chi connectivity index (χ0n) is 18.3. The third-order valence-electron chi connectivity index (χ3n) is 5.18. The van der Waals surface area contributed by atoms with Crippen molar-refractivity contribution in [3.63, 3.8) is 0 Å². The molecule has 0 radical (unpaired) electrons. The minimum atomic E-state index is -1.78. The topological polar surface area (TPSA) is 0 Å². The van der Waals surface area contributed by atoms with Crippen molar-refractivity contribution in [2.24, 2.45) is 0 Å². The van der Waals surface area contributed by atoms with Crippen molar-refractivity contribution < 1.29 is 35.1 Å². The first-order valence-electron chi connectivity index (χ1n) is 10.5. The first-order valence-corrected chi connectivity index (χ1v) is 13.5. The van der Waals surface area contributed by atoms with Crippen molar-refractivity contribution in [1.29, 1.82) is 0 Å². The lowest BCUT2D eigenvalue weighted by Crippen LogP contribution is -2.22. The van der Waals surface area contributed by atoms with Crippen molar-refractivity contribution in [2.45, 2.75) is 0 Å². The standard InChI is InChI=1S/C26H16F8P2/c27-15-3-16(28)8-23(7-15)35(24-9-17(29)4-18(30)10-24)1-2-36(25-11-19(31)5-20(32)12-25)26-13-21(33)6-22(34)14-26/h3-14H,1-2H2. The van der Waals surface area contributed by atoms with Gasteiger partial charge in [0.2, 0.25) is 0 Å². The second-order valence-corrected chi connectivity index (χ2v) is 12.5. The minimum absolute atomic E-state index is 0.0447. The van der Waals surface area contributed by atoms with Gasteiger partial charge in [0.15, 0.2) is 0 Å². The van der Waals surface area contributed by atoms with Crippen LogP contribution in [-0.2, 0) is 0 Å². The Morgan fingerprint density at radius 3 is 0.639 bits per heavy atom. The summed E-state index contributed by atoms with van der Waals surface area (Å²) in [5, 5.41) is 0.549. The van der Waals surface area contributed by atoms with E-state index in [2.05, 4.69) is 0 Å². The fourth-order valence-electron chi connectivity index (χ4n) is 3.79. The Labute approximate surface area is 204 Å². The summed E-state index contributed by atoms with van der Waals surface area (Å²) in [7, 11) is -3.56. The Bertz CT molecular complexity index is 1120. The van der Waals surface area contributed by atoms with Crippen LogP contribution in [0.1, 0.15) is 0 Å². The Hall–Kier alpha value is -2.82. The molecule has 0 aliphatic heterocycles. The van der Waals surface area contributed by atoms with E-state index in [9.17, 15) is 35.1 Å². The largest absolute Gasteiger partial charge is 0.207 e. The SMILES string of the molecule is Fc1cc(F)cc(P(CCP(c2cc(F)cc(F)c2)c2cc(F)cc(F)c2)c2cc(F)cc(F)c2)c1. The van der Waals surface area contributed by atoms with Crippen LogP contribution in [0.3, 0.4) is 0 Å². The van der Waals surface area contributed by atoms with Gasteiger partial charge in [0.1, 0.15) is 46.5 Å². The molecule has 0 bridgehead atoms. The lowest BCUT2D eigenvalue weighted by molar-refractivity contribution is 0.584. The van der Waals surface area contributed by atoms with Crippen LogP contribution >= 0.6 is 15.8 Å². The molecular formula is C26H16F8P2. The average Bonchev–Trinajstić information content (AvgIpc) is 2.74. The molecule has 4 rings (SSSR count). The predicted octanol–water partition coefficient (Wildman–Crippen LogP) is 6.37. The first-order chi connectivity index (χ1) is 17.1. The molecular weight excluding hydrogens is 526 g/mol. The zero-order chi connectivity index (χ0) is 26.0.